The molecule has 1 atom stereocenters. The molecule has 1 N–H and O–H groups in total. The lowest BCUT2D eigenvalue weighted by Gasteiger charge is -2.18. The number of hydrogen-bond donors (Lipinski definition) is 1. The molecule has 0 saturated carbocycles. The van der Waals surface area contributed by atoms with E-state index in [-0.39, 0.29) is 12.0 Å². The Morgan fingerprint density at radius 3 is 2.31 bits per heavy atom. The zero-order chi connectivity index (χ0) is 18.9. The molecule has 0 aromatic heterocycles. The van der Waals surface area contributed by atoms with E-state index < -0.39 is 6.10 Å². The van der Waals surface area contributed by atoms with Crippen molar-refractivity contribution >= 4 is 5.91 Å². The third-order valence-corrected chi connectivity index (χ3v) is 3.74. The predicted octanol–water partition coefficient (Wildman–Crippen LogP) is 3.96. The van der Waals surface area contributed by atoms with E-state index in [1.807, 2.05) is 45.0 Å². The van der Waals surface area contributed by atoms with Crippen LogP contribution in [0.15, 0.2) is 48.5 Å². The highest BCUT2D eigenvalue weighted by atomic mass is 16.5. The van der Waals surface area contributed by atoms with Crippen LogP contribution in [0.4, 0.5) is 0 Å². The largest absolute Gasteiger partial charge is 0.497 e. The molecule has 140 valence electrons. The van der Waals surface area contributed by atoms with Gasteiger partial charge < -0.3 is 19.5 Å². The van der Waals surface area contributed by atoms with Crippen molar-refractivity contribution in [1.82, 2.24) is 5.32 Å². The smallest absolute Gasteiger partial charge is 0.261 e. The van der Waals surface area contributed by atoms with Crippen LogP contribution in [0.1, 0.15) is 32.8 Å². The molecule has 0 aliphatic carbocycles. The average molecular weight is 357 g/mol. The number of carbonyl (C=O) groups is 1. The molecule has 0 spiro atoms. The first-order valence-corrected chi connectivity index (χ1v) is 8.85. The Bertz CT molecular complexity index is 697. The zero-order valence-electron chi connectivity index (χ0n) is 15.8. The topological polar surface area (TPSA) is 56.8 Å². The Balaban J connectivity index is 1.92. The van der Waals surface area contributed by atoms with E-state index >= 15 is 0 Å². The summed E-state index contributed by atoms with van der Waals surface area (Å²) in [6, 6.07) is 14.9. The molecule has 0 heterocycles. The Labute approximate surface area is 155 Å². The normalized spacial score (nSPS) is 11.7. The molecule has 0 fully saturated rings. The van der Waals surface area contributed by atoms with Gasteiger partial charge in [-0.1, -0.05) is 19.1 Å². The highest BCUT2D eigenvalue weighted by Gasteiger charge is 2.18. The zero-order valence-corrected chi connectivity index (χ0v) is 15.8. The van der Waals surface area contributed by atoms with Crippen molar-refractivity contribution in [2.45, 2.75) is 45.9 Å². The van der Waals surface area contributed by atoms with Gasteiger partial charge in [-0.05, 0) is 62.2 Å². The van der Waals surface area contributed by atoms with E-state index in [9.17, 15) is 4.79 Å². The van der Waals surface area contributed by atoms with Crippen LogP contribution in [0.2, 0.25) is 0 Å². The fraction of sp³-hybridized carbons (Fsp3) is 0.381. The Hall–Kier alpha value is -2.69. The molecule has 2 rings (SSSR count). The standard InChI is InChI=1S/C21H27NO4/c1-5-20(26-18-11-9-17(24-4)10-12-18)21(23)22-14-16-7-6-8-19(13-16)25-15(2)3/h6-13,15,20H,5,14H2,1-4H3,(H,22,23)/t20-/m0/s1. The van der Waals surface area contributed by atoms with Crippen molar-refractivity contribution in [3.05, 3.63) is 54.1 Å². The fourth-order valence-electron chi connectivity index (χ4n) is 2.44. The molecule has 2 aromatic rings. The molecule has 0 bridgehead atoms. The number of carbonyl (C=O) groups excluding carboxylic acids is 1. The number of hydrogen-bond acceptors (Lipinski definition) is 4. The van der Waals surface area contributed by atoms with E-state index in [1.165, 1.54) is 0 Å². The van der Waals surface area contributed by atoms with Gasteiger partial charge in [0.25, 0.3) is 5.91 Å². The minimum absolute atomic E-state index is 0.113. The minimum Gasteiger partial charge on any atom is -0.497 e. The minimum atomic E-state index is -0.543. The van der Waals surface area contributed by atoms with E-state index in [0.29, 0.717) is 18.7 Å². The van der Waals surface area contributed by atoms with Crippen LogP contribution in [-0.2, 0) is 11.3 Å². The van der Waals surface area contributed by atoms with Gasteiger partial charge in [0.2, 0.25) is 0 Å². The quantitative estimate of drug-likeness (QED) is 0.738. The monoisotopic (exact) mass is 357 g/mol. The first kappa shape index (κ1) is 19.6. The van der Waals surface area contributed by atoms with Crippen LogP contribution in [0.3, 0.4) is 0 Å². The van der Waals surface area contributed by atoms with Crippen molar-refractivity contribution in [1.29, 1.82) is 0 Å². The van der Waals surface area contributed by atoms with Gasteiger partial charge in [-0.3, -0.25) is 4.79 Å². The number of ether oxygens (including phenoxy) is 3. The SMILES string of the molecule is CC[C@H](Oc1ccc(OC)cc1)C(=O)NCc1cccc(OC(C)C)c1. The molecule has 0 unspecified atom stereocenters. The summed E-state index contributed by atoms with van der Waals surface area (Å²) in [4.78, 5) is 12.4. The summed E-state index contributed by atoms with van der Waals surface area (Å²) in [6.45, 7) is 6.31. The second-order valence-electron chi connectivity index (χ2n) is 6.22. The van der Waals surface area contributed by atoms with Crippen molar-refractivity contribution in [2.24, 2.45) is 0 Å². The molecular formula is C21H27NO4. The summed E-state index contributed by atoms with van der Waals surface area (Å²) in [5, 5.41) is 2.93. The second kappa shape index (κ2) is 9.70. The maximum atomic E-state index is 12.4. The lowest BCUT2D eigenvalue weighted by molar-refractivity contribution is -0.128. The average Bonchev–Trinajstić information content (AvgIpc) is 2.64. The van der Waals surface area contributed by atoms with Crippen molar-refractivity contribution in [3.63, 3.8) is 0 Å². The summed E-state index contributed by atoms with van der Waals surface area (Å²) in [6.07, 6.45) is 0.148. The molecule has 0 aliphatic rings. The Morgan fingerprint density at radius 2 is 1.69 bits per heavy atom. The summed E-state index contributed by atoms with van der Waals surface area (Å²) in [7, 11) is 1.61. The number of nitrogens with one attached hydrogen (secondary N) is 1. The molecule has 0 saturated heterocycles. The molecular weight excluding hydrogens is 330 g/mol. The third kappa shape index (κ3) is 5.99. The Morgan fingerprint density at radius 1 is 1.00 bits per heavy atom. The van der Waals surface area contributed by atoms with Gasteiger partial charge in [0.1, 0.15) is 17.2 Å². The summed E-state index contributed by atoms with van der Waals surface area (Å²) in [5.41, 5.74) is 0.982. The summed E-state index contributed by atoms with van der Waals surface area (Å²) < 4.78 is 16.6. The summed E-state index contributed by atoms with van der Waals surface area (Å²) >= 11 is 0. The molecule has 2 aromatic carbocycles. The predicted molar refractivity (Wildman–Crippen MR) is 102 cm³/mol. The molecule has 5 nitrogen and oxygen atoms in total. The maximum absolute atomic E-state index is 12.4. The van der Waals surface area contributed by atoms with Gasteiger partial charge in [-0.15, -0.1) is 0 Å². The summed E-state index contributed by atoms with van der Waals surface area (Å²) in [5.74, 6) is 2.05. The van der Waals surface area contributed by atoms with Gasteiger partial charge >= 0.3 is 0 Å². The highest BCUT2D eigenvalue weighted by Crippen LogP contribution is 2.19. The molecule has 5 heteroatoms. The van der Waals surface area contributed by atoms with Crippen LogP contribution < -0.4 is 19.5 Å². The highest BCUT2D eigenvalue weighted by molar-refractivity contribution is 5.81. The van der Waals surface area contributed by atoms with Gasteiger partial charge in [0.15, 0.2) is 6.10 Å². The third-order valence-electron chi connectivity index (χ3n) is 3.74. The number of benzene rings is 2. The van der Waals surface area contributed by atoms with Crippen molar-refractivity contribution < 1.29 is 19.0 Å². The first-order valence-electron chi connectivity index (χ1n) is 8.85. The van der Waals surface area contributed by atoms with Crippen molar-refractivity contribution in [2.75, 3.05) is 7.11 Å². The first-order chi connectivity index (χ1) is 12.5. The van der Waals surface area contributed by atoms with E-state index in [2.05, 4.69) is 5.32 Å². The lowest BCUT2D eigenvalue weighted by Crippen LogP contribution is -2.37. The second-order valence-corrected chi connectivity index (χ2v) is 6.22. The van der Waals surface area contributed by atoms with Gasteiger partial charge in [-0.25, -0.2) is 0 Å². The van der Waals surface area contributed by atoms with E-state index in [1.54, 1.807) is 31.4 Å². The van der Waals surface area contributed by atoms with Crippen LogP contribution >= 0.6 is 0 Å². The maximum Gasteiger partial charge on any atom is 0.261 e. The van der Waals surface area contributed by atoms with Crippen molar-refractivity contribution in [3.8, 4) is 17.2 Å². The van der Waals surface area contributed by atoms with Crippen LogP contribution in [0.25, 0.3) is 0 Å². The molecule has 26 heavy (non-hydrogen) atoms. The number of amides is 1. The lowest BCUT2D eigenvalue weighted by atomic mass is 10.2. The number of methoxy groups -OCH3 is 1. The van der Waals surface area contributed by atoms with Gasteiger partial charge in [0.05, 0.1) is 13.2 Å². The van der Waals surface area contributed by atoms with E-state index in [4.69, 9.17) is 14.2 Å². The fourth-order valence-corrected chi connectivity index (χ4v) is 2.44. The Kier molecular flexibility index (Phi) is 7.33. The van der Waals surface area contributed by atoms with Crippen LogP contribution in [-0.4, -0.2) is 25.2 Å². The van der Waals surface area contributed by atoms with Crippen LogP contribution in [0.5, 0.6) is 17.2 Å². The van der Waals surface area contributed by atoms with Gasteiger partial charge in [0, 0.05) is 6.54 Å². The molecule has 1 amide bonds. The molecule has 0 radical (unpaired) electrons. The van der Waals surface area contributed by atoms with Gasteiger partial charge in [-0.2, -0.15) is 0 Å². The number of rotatable bonds is 9. The molecule has 0 aliphatic heterocycles. The van der Waals surface area contributed by atoms with Crippen LogP contribution in [0, 0.1) is 0 Å². The van der Waals surface area contributed by atoms with E-state index in [0.717, 1.165) is 17.1 Å².